The van der Waals surface area contributed by atoms with Crippen molar-refractivity contribution in [3.05, 3.63) is 42.4 Å². The van der Waals surface area contributed by atoms with Crippen LogP contribution in [0, 0.1) is 0 Å². The Morgan fingerprint density at radius 3 is 2.33 bits per heavy atom. The number of hydrogen-bond donors (Lipinski definition) is 1. The molecule has 0 spiro atoms. The summed E-state index contributed by atoms with van der Waals surface area (Å²) in [5.41, 5.74) is 0. The predicted molar refractivity (Wildman–Crippen MR) is 92.7 cm³/mol. The number of rotatable bonds is 12. The molecule has 0 aliphatic rings. The summed E-state index contributed by atoms with van der Waals surface area (Å²) in [6.07, 6.45) is 6.32. The molecule has 1 heterocycles. The molecule has 0 aliphatic heterocycles. The average molecular weight is 334 g/mol. The van der Waals surface area contributed by atoms with E-state index in [-0.39, 0.29) is 0 Å². The van der Waals surface area contributed by atoms with Crippen molar-refractivity contribution >= 4 is 0 Å². The Morgan fingerprint density at radius 1 is 0.917 bits per heavy atom. The van der Waals surface area contributed by atoms with Crippen LogP contribution in [0.4, 0.5) is 0 Å². The largest absolute Gasteiger partial charge is 0.493 e. The maximum Gasteiger partial charge on any atom is 0.203 e. The SMILES string of the molecule is COc1cccc(OC)c1OCCCCCC[NH2+]Cc1ccco1. The predicted octanol–water partition coefficient (Wildman–Crippen LogP) is 3.00. The second-order valence-corrected chi connectivity index (χ2v) is 5.62. The van der Waals surface area contributed by atoms with Crippen LogP contribution in [0.1, 0.15) is 31.4 Å². The number of hydrogen-bond acceptors (Lipinski definition) is 4. The van der Waals surface area contributed by atoms with Crippen LogP contribution in [0.2, 0.25) is 0 Å². The van der Waals surface area contributed by atoms with Crippen LogP contribution in [-0.4, -0.2) is 27.4 Å². The molecule has 0 radical (unpaired) electrons. The number of unbranched alkanes of at least 4 members (excludes halogenated alkanes) is 3. The zero-order valence-electron chi connectivity index (χ0n) is 14.6. The second-order valence-electron chi connectivity index (χ2n) is 5.62. The standard InChI is InChI=1S/C19H27NO4/c1-21-17-10-7-11-18(22-2)19(17)24-13-6-4-3-5-12-20-15-16-9-8-14-23-16/h7-11,14,20H,3-6,12-13,15H2,1-2H3/p+1. The summed E-state index contributed by atoms with van der Waals surface area (Å²) >= 11 is 0. The van der Waals surface area contributed by atoms with Crippen molar-refractivity contribution in [1.82, 2.24) is 0 Å². The van der Waals surface area contributed by atoms with Gasteiger partial charge in [0, 0.05) is 0 Å². The van der Waals surface area contributed by atoms with Gasteiger partial charge >= 0.3 is 0 Å². The Bertz CT molecular complexity index is 547. The summed E-state index contributed by atoms with van der Waals surface area (Å²) < 4.78 is 21.8. The number of quaternary nitrogens is 1. The molecule has 0 amide bonds. The van der Waals surface area contributed by atoms with E-state index < -0.39 is 0 Å². The highest BCUT2D eigenvalue weighted by atomic mass is 16.5. The van der Waals surface area contributed by atoms with Gasteiger partial charge in [0.25, 0.3) is 0 Å². The van der Waals surface area contributed by atoms with Gasteiger partial charge < -0.3 is 23.9 Å². The molecule has 1 aromatic heterocycles. The zero-order chi connectivity index (χ0) is 17.0. The average Bonchev–Trinajstić information content (AvgIpc) is 3.13. The summed E-state index contributed by atoms with van der Waals surface area (Å²) in [5, 5.41) is 2.29. The van der Waals surface area contributed by atoms with E-state index in [9.17, 15) is 0 Å². The maximum absolute atomic E-state index is 5.86. The van der Waals surface area contributed by atoms with Crippen molar-refractivity contribution in [3.8, 4) is 17.2 Å². The van der Waals surface area contributed by atoms with Crippen LogP contribution in [0.25, 0.3) is 0 Å². The monoisotopic (exact) mass is 334 g/mol. The Morgan fingerprint density at radius 2 is 1.67 bits per heavy atom. The molecule has 0 unspecified atom stereocenters. The zero-order valence-corrected chi connectivity index (χ0v) is 14.6. The van der Waals surface area contributed by atoms with Crippen LogP contribution in [0.15, 0.2) is 41.0 Å². The summed E-state index contributed by atoms with van der Waals surface area (Å²) in [4.78, 5) is 0. The maximum atomic E-state index is 5.86. The van der Waals surface area contributed by atoms with Crippen LogP contribution in [0.5, 0.6) is 17.2 Å². The summed E-state index contributed by atoms with van der Waals surface area (Å²) in [7, 11) is 3.28. The molecule has 0 saturated carbocycles. The summed E-state index contributed by atoms with van der Waals surface area (Å²) in [6, 6.07) is 9.60. The second kappa shape index (κ2) is 10.6. The number of furan rings is 1. The molecule has 5 nitrogen and oxygen atoms in total. The number of methoxy groups -OCH3 is 2. The highest BCUT2D eigenvalue weighted by molar-refractivity contribution is 5.51. The molecular weight excluding hydrogens is 306 g/mol. The van der Waals surface area contributed by atoms with Crippen molar-refractivity contribution in [1.29, 1.82) is 0 Å². The lowest BCUT2D eigenvalue weighted by molar-refractivity contribution is -0.672. The van der Waals surface area contributed by atoms with Crippen LogP contribution < -0.4 is 19.5 Å². The first-order chi connectivity index (χ1) is 11.8. The third-order valence-electron chi connectivity index (χ3n) is 3.86. The molecule has 0 saturated heterocycles. The highest BCUT2D eigenvalue weighted by Crippen LogP contribution is 2.36. The van der Waals surface area contributed by atoms with E-state index in [4.69, 9.17) is 18.6 Å². The summed E-state index contributed by atoms with van der Waals surface area (Å²) in [6.45, 7) is 2.72. The first-order valence-electron chi connectivity index (χ1n) is 8.53. The van der Waals surface area contributed by atoms with E-state index in [0.717, 1.165) is 31.7 Å². The third kappa shape index (κ3) is 5.81. The molecule has 5 heteroatoms. The first-order valence-corrected chi connectivity index (χ1v) is 8.53. The van der Waals surface area contributed by atoms with Gasteiger partial charge in [0.1, 0.15) is 6.54 Å². The van der Waals surface area contributed by atoms with Crippen molar-refractivity contribution in [2.75, 3.05) is 27.4 Å². The van der Waals surface area contributed by atoms with Crippen LogP contribution in [-0.2, 0) is 6.54 Å². The number of benzene rings is 1. The molecule has 0 aliphatic carbocycles. The van der Waals surface area contributed by atoms with E-state index in [0.29, 0.717) is 23.9 Å². The quantitative estimate of drug-likeness (QED) is 0.606. The lowest BCUT2D eigenvalue weighted by atomic mass is 10.2. The Kier molecular flexibility index (Phi) is 8.04. The minimum atomic E-state index is 0.673. The van der Waals surface area contributed by atoms with Gasteiger partial charge in [-0.1, -0.05) is 6.07 Å². The number of nitrogens with two attached hydrogens (primary N) is 1. The first kappa shape index (κ1) is 18.2. The highest BCUT2D eigenvalue weighted by Gasteiger charge is 2.10. The lowest BCUT2D eigenvalue weighted by Crippen LogP contribution is -2.82. The fourth-order valence-corrected chi connectivity index (χ4v) is 2.55. The normalized spacial score (nSPS) is 10.6. The Balaban J connectivity index is 1.55. The molecule has 1 aromatic carbocycles. The van der Waals surface area contributed by atoms with Gasteiger partial charge in [-0.05, 0) is 49.9 Å². The molecule has 132 valence electrons. The van der Waals surface area contributed by atoms with Crippen molar-refractivity contribution in [2.24, 2.45) is 0 Å². The Labute approximate surface area is 143 Å². The van der Waals surface area contributed by atoms with Crippen molar-refractivity contribution in [3.63, 3.8) is 0 Å². The van der Waals surface area contributed by atoms with Crippen molar-refractivity contribution in [2.45, 2.75) is 32.2 Å². The molecule has 0 atom stereocenters. The minimum Gasteiger partial charge on any atom is -0.493 e. The van der Waals surface area contributed by atoms with Gasteiger partial charge in [-0.25, -0.2) is 0 Å². The van der Waals surface area contributed by atoms with E-state index in [1.165, 1.54) is 12.8 Å². The van der Waals surface area contributed by atoms with E-state index in [1.54, 1.807) is 20.5 Å². The lowest BCUT2D eigenvalue weighted by Gasteiger charge is -2.13. The van der Waals surface area contributed by atoms with Gasteiger partial charge in [-0.2, -0.15) is 0 Å². The third-order valence-corrected chi connectivity index (χ3v) is 3.86. The molecule has 24 heavy (non-hydrogen) atoms. The molecule has 2 N–H and O–H groups in total. The van der Waals surface area contributed by atoms with E-state index >= 15 is 0 Å². The van der Waals surface area contributed by atoms with Gasteiger partial charge in [0.2, 0.25) is 5.75 Å². The minimum absolute atomic E-state index is 0.673. The summed E-state index contributed by atoms with van der Waals surface area (Å²) in [5.74, 6) is 3.15. The number of ether oxygens (including phenoxy) is 3. The molecule has 0 fully saturated rings. The Hall–Kier alpha value is -2.14. The molecule has 0 bridgehead atoms. The smallest absolute Gasteiger partial charge is 0.203 e. The van der Waals surface area contributed by atoms with Crippen LogP contribution in [0.3, 0.4) is 0 Å². The van der Waals surface area contributed by atoms with Gasteiger partial charge in [0.05, 0.1) is 33.6 Å². The molecule has 2 rings (SSSR count). The fraction of sp³-hybridized carbons (Fsp3) is 0.474. The van der Waals surface area contributed by atoms with Gasteiger partial charge in [-0.3, -0.25) is 0 Å². The van der Waals surface area contributed by atoms with Crippen molar-refractivity contribution < 1.29 is 23.9 Å². The topological polar surface area (TPSA) is 57.4 Å². The van der Waals surface area contributed by atoms with Gasteiger partial charge in [-0.15, -0.1) is 0 Å². The number of para-hydroxylation sites is 1. The fourth-order valence-electron chi connectivity index (χ4n) is 2.55. The van der Waals surface area contributed by atoms with E-state index in [1.807, 2.05) is 30.3 Å². The van der Waals surface area contributed by atoms with E-state index in [2.05, 4.69) is 5.32 Å². The molecule has 2 aromatic rings. The van der Waals surface area contributed by atoms with Crippen LogP contribution >= 0.6 is 0 Å². The van der Waals surface area contributed by atoms with Gasteiger partial charge in [0.15, 0.2) is 17.3 Å². The molecular formula is C19H28NO4+.